The van der Waals surface area contributed by atoms with Crippen LogP contribution in [0.4, 0.5) is 5.13 Å². The monoisotopic (exact) mass is 239 g/mol. The molecule has 3 nitrogen and oxygen atoms in total. The van der Waals surface area contributed by atoms with Gasteiger partial charge < -0.3 is 5.32 Å². The summed E-state index contributed by atoms with van der Waals surface area (Å²) in [5.74, 6) is 2.14. The van der Waals surface area contributed by atoms with Gasteiger partial charge in [0.25, 0.3) is 0 Å². The Kier molecular flexibility index (Phi) is 3.19. The van der Waals surface area contributed by atoms with Crippen LogP contribution < -0.4 is 5.32 Å². The SMILES string of the molecule is CC(C)c1nsc(NCC2(C(C)C)CC2)n1. The molecule has 1 aromatic heterocycles. The Morgan fingerprint density at radius 1 is 1.31 bits per heavy atom. The van der Waals surface area contributed by atoms with Crippen LogP contribution in [-0.2, 0) is 0 Å². The number of hydrogen-bond acceptors (Lipinski definition) is 4. The third kappa shape index (κ3) is 2.37. The predicted octanol–water partition coefficient (Wildman–Crippen LogP) is 3.51. The molecule has 0 saturated heterocycles. The lowest BCUT2D eigenvalue weighted by Gasteiger charge is -2.19. The van der Waals surface area contributed by atoms with Gasteiger partial charge in [-0.3, -0.25) is 0 Å². The molecule has 1 fully saturated rings. The maximum absolute atomic E-state index is 4.50. The number of aromatic nitrogens is 2. The highest BCUT2D eigenvalue weighted by atomic mass is 32.1. The van der Waals surface area contributed by atoms with Crippen molar-refractivity contribution in [2.75, 3.05) is 11.9 Å². The number of nitrogens with zero attached hydrogens (tertiary/aromatic N) is 2. The van der Waals surface area contributed by atoms with Crippen LogP contribution in [0, 0.1) is 11.3 Å². The fourth-order valence-electron chi connectivity index (χ4n) is 1.91. The van der Waals surface area contributed by atoms with Gasteiger partial charge in [-0.25, -0.2) is 4.98 Å². The number of nitrogens with one attached hydrogen (secondary N) is 1. The second-order valence-electron chi connectivity index (χ2n) is 5.48. The molecule has 1 aromatic rings. The second kappa shape index (κ2) is 4.32. The number of anilines is 1. The van der Waals surface area contributed by atoms with E-state index < -0.39 is 0 Å². The molecule has 0 amide bonds. The first-order chi connectivity index (χ1) is 7.53. The van der Waals surface area contributed by atoms with Crippen LogP contribution in [0.1, 0.15) is 52.3 Å². The Bertz CT molecular complexity index is 353. The van der Waals surface area contributed by atoms with Gasteiger partial charge in [0.05, 0.1) is 0 Å². The molecule has 2 rings (SSSR count). The smallest absolute Gasteiger partial charge is 0.202 e. The lowest BCUT2D eigenvalue weighted by atomic mass is 9.92. The molecule has 16 heavy (non-hydrogen) atoms. The molecular weight excluding hydrogens is 218 g/mol. The van der Waals surface area contributed by atoms with Gasteiger partial charge in [0.1, 0.15) is 5.82 Å². The van der Waals surface area contributed by atoms with Gasteiger partial charge in [0.15, 0.2) is 0 Å². The summed E-state index contributed by atoms with van der Waals surface area (Å²) < 4.78 is 4.35. The maximum atomic E-state index is 4.50. The largest absolute Gasteiger partial charge is 0.360 e. The van der Waals surface area contributed by atoms with Crippen LogP contribution in [0.5, 0.6) is 0 Å². The molecule has 1 N–H and O–H groups in total. The van der Waals surface area contributed by atoms with Crippen LogP contribution in [0.25, 0.3) is 0 Å². The lowest BCUT2D eigenvalue weighted by molar-refractivity contribution is 0.380. The number of hydrogen-bond donors (Lipinski definition) is 1. The van der Waals surface area contributed by atoms with Gasteiger partial charge in [-0.15, -0.1) is 0 Å². The third-order valence-electron chi connectivity index (χ3n) is 3.67. The minimum absolute atomic E-state index is 0.423. The quantitative estimate of drug-likeness (QED) is 0.854. The molecule has 0 aliphatic heterocycles. The van der Waals surface area contributed by atoms with E-state index in [0.717, 1.165) is 23.4 Å². The van der Waals surface area contributed by atoms with E-state index in [0.29, 0.717) is 11.3 Å². The van der Waals surface area contributed by atoms with E-state index in [1.807, 2.05) is 0 Å². The highest BCUT2D eigenvalue weighted by Crippen LogP contribution is 2.51. The van der Waals surface area contributed by atoms with Crippen molar-refractivity contribution in [3.05, 3.63) is 5.82 Å². The van der Waals surface area contributed by atoms with Crippen molar-refractivity contribution in [3.63, 3.8) is 0 Å². The molecule has 0 aromatic carbocycles. The zero-order chi connectivity index (χ0) is 11.8. The average molecular weight is 239 g/mol. The van der Waals surface area contributed by atoms with Gasteiger partial charge in [-0.05, 0) is 24.2 Å². The van der Waals surface area contributed by atoms with Crippen molar-refractivity contribution in [1.29, 1.82) is 0 Å². The summed E-state index contributed by atoms with van der Waals surface area (Å²) >= 11 is 1.49. The van der Waals surface area contributed by atoms with Crippen LogP contribution in [-0.4, -0.2) is 15.9 Å². The summed E-state index contributed by atoms with van der Waals surface area (Å²) in [6.07, 6.45) is 2.71. The maximum Gasteiger partial charge on any atom is 0.202 e. The van der Waals surface area contributed by atoms with Gasteiger partial charge in [-0.1, -0.05) is 27.7 Å². The molecule has 90 valence electrons. The topological polar surface area (TPSA) is 37.8 Å². The minimum Gasteiger partial charge on any atom is -0.360 e. The molecule has 0 unspecified atom stereocenters. The molecule has 1 saturated carbocycles. The molecule has 0 spiro atoms. The summed E-state index contributed by atoms with van der Waals surface area (Å²) in [7, 11) is 0. The standard InChI is InChI=1S/C12H21N3S/c1-8(2)10-14-11(16-15-10)13-7-12(5-6-12)9(3)4/h8-9H,5-7H2,1-4H3,(H,13,14,15). The van der Waals surface area contributed by atoms with Crippen LogP contribution in [0.15, 0.2) is 0 Å². The Morgan fingerprint density at radius 2 is 2.00 bits per heavy atom. The van der Waals surface area contributed by atoms with Gasteiger partial charge in [0, 0.05) is 24.0 Å². The van der Waals surface area contributed by atoms with Crippen LogP contribution >= 0.6 is 11.5 Å². The van der Waals surface area contributed by atoms with E-state index >= 15 is 0 Å². The first-order valence-electron chi connectivity index (χ1n) is 6.11. The molecule has 0 bridgehead atoms. The molecule has 4 heteroatoms. The summed E-state index contributed by atoms with van der Waals surface area (Å²) in [5, 5.41) is 4.43. The van der Waals surface area contributed by atoms with E-state index in [2.05, 4.69) is 42.4 Å². The zero-order valence-corrected chi connectivity index (χ0v) is 11.4. The first-order valence-corrected chi connectivity index (χ1v) is 6.88. The molecule has 0 atom stereocenters. The summed E-state index contributed by atoms with van der Waals surface area (Å²) in [6.45, 7) is 9.94. The van der Waals surface area contributed by atoms with Crippen LogP contribution in [0.2, 0.25) is 0 Å². The zero-order valence-electron chi connectivity index (χ0n) is 10.6. The van der Waals surface area contributed by atoms with E-state index in [4.69, 9.17) is 0 Å². The number of rotatable bonds is 5. The molecular formula is C12H21N3S. The molecule has 1 heterocycles. The van der Waals surface area contributed by atoms with Crippen molar-refractivity contribution >= 4 is 16.7 Å². The van der Waals surface area contributed by atoms with Gasteiger partial charge in [-0.2, -0.15) is 4.37 Å². The van der Waals surface area contributed by atoms with Crippen molar-refractivity contribution in [1.82, 2.24) is 9.36 Å². The lowest BCUT2D eigenvalue weighted by Crippen LogP contribution is -2.20. The van der Waals surface area contributed by atoms with Crippen molar-refractivity contribution in [2.24, 2.45) is 11.3 Å². The Labute approximate surface area is 102 Å². The molecule has 1 aliphatic carbocycles. The molecule has 0 radical (unpaired) electrons. The normalized spacial score (nSPS) is 18.1. The van der Waals surface area contributed by atoms with Crippen molar-refractivity contribution < 1.29 is 0 Å². The van der Waals surface area contributed by atoms with E-state index in [1.54, 1.807) is 0 Å². The third-order valence-corrected chi connectivity index (χ3v) is 4.35. The highest BCUT2D eigenvalue weighted by Gasteiger charge is 2.45. The Balaban J connectivity index is 1.90. The fraction of sp³-hybridized carbons (Fsp3) is 0.833. The Morgan fingerprint density at radius 3 is 2.44 bits per heavy atom. The predicted molar refractivity (Wildman–Crippen MR) is 69.0 cm³/mol. The van der Waals surface area contributed by atoms with Gasteiger partial charge >= 0.3 is 0 Å². The Hall–Kier alpha value is -0.640. The van der Waals surface area contributed by atoms with Crippen LogP contribution in [0.3, 0.4) is 0 Å². The van der Waals surface area contributed by atoms with E-state index in [1.165, 1.54) is 24.4 Å². The fourth-order valence-corrected chi connectivity index (χ4v) is 2.61. The minimum atomic E-state index is 0.423. The summed E-state index contributed by atoms with van der Waals surface area (Å²) in [4.78, 5) is 4.50. The van der Waals surface area contributed by atoms with Crippen molar-refractivity contribution in [2.45, 2.75) is 46.5 Å². The molecule has 1 aliphatic rings. The second-order valence-corrected chi connectivity index (χ2v) is 6.23. The summed E-state index contributed by atoms with van der Waals surface area (Å²) in [5.41, 5.74) is 0.531. The average Bonchev–Trinajstić information content (AvgIpc) is 2.87. The highest BCUT2D eigenvalue weighted by molar-refractivity contribution is 7.09. The van der Waals surface area contributed by atoms with E-state index in [9.17, 15) is 0 Å². The summed E-state index contributed by atoms with van der Waals surface area (Å²) in [6, 6.07) is 0. The van der Waals surface area contributed by atoms with E-state index in [-0.39, 0.29) is 0 Å². The first kappa shape index (κ1) is 11.8. The van der Waals surface area contributed by atoms with Crippen molar-refractivity contribution in [3.8, 4) is 0 Å². The van der Waals surface area contributed by atoms with Gasteiger partial charge in [0.2, 0.25) is 5.13 Å².